The lowest BCUT2D eigenvalue weighted by Gasteiger charge is -2.26. The average Bonchev–Trinajstić information content (AvgIpc) is 3.45. The van der Waals surface area contributed by atoms with Gasteiger partial charge in [0, 0.05) is 24.7 Å². The summed E-state index contributed by atoms with van der Waals surface area (Å²) in [4.78, 5) is 27.5. The zero-order chi connectivity index (χ0) is 24.6. The number of carbonyl (C=O) groups excluding carboxylic acids is 2. The normalized spacial score (nSPS) is 21.3. The molecule has 9 nitrogen and oxygen atoms in total. The van der Waals surface area contributed by atoms with E-state index in [1.807, 2.05) is 24.3 Å². The fourth-order valence-corrected chi connectivity index (χ4v) is 5.04. The van der Waals surface area contributed by atoms with E-state index in [0.717, 1.165) is 37.0 Å². The number of benzene rings is 1. The summed E-state index contributed by atoms with van der Waals surface area (Å²) in [5.41, 5.74) is 1.17. The molecule has 0 bridgehead atoms. The SMILES string of the molecule is C=CCOc1ccccc1CN1C[C@@H](n2cc(C(=O)OC)nn2)C[C@H]1C(=O)NC1CCCCCC1. The van der Waals surface area contributed by atoms with Crippen LogP contribution in [0.3, 0.4) is 0 Å². The number of likely N-dealkylation sites (tertiary alicyclic amines) is 1. The number of aromatic nitrogens is 3. The molecule has 2 aliphatic rings. The van der Waals surface area contributed by atoms with E-state index >= 15 is 0 Å². The van der Waals surface area contributed by atoms with Crippen molar-refractivity contribution in [3.05, 3.63) is 54.4 Å². The first-order valence-electron chi connectivity index (χ1n) is 12.4. The number of nitrogens with one attached hydrogen (secondary N) is 1. The highest BCUT2D eigenvalue weighted by Crippen LogP contribution is 2.31. The Kier molecular flexibility index (Phi) is 8.52. The highest BCUT2D eigenvalue weighted by molar-refractivity contribution is 5.86. The molecule has 1 N–H and O–H groups in total. The number of hydrogen-bond donors (Lipinski definition) is 1. The third-order valence-corrected chi connectivity index (χ3v) is 6.87. The van der Waals surface area contributed by atoms with Gasteiger partial charge in [0.2, 0.25) is 5.91 Å². The smallest absolute Gasteiger partial charge is 0.360 e. The Balaban J connectivity index is 1.53. The molecule has 0 spiro atoms. The molecule has 1 aliphatic carbocycles. The minimum Gasteiger partial charge on any atom is -0.489 e. The molecule has 9 heteroatoms. The molecular weight excluding hydrogens is 446 g/mol. The van der Waals surface area contributed by atoms with Gasteiger partial charge >= 0.3 is 5.97 Å². The second-order valence-electron chi connectivity index (χ2n) is 9.31. The molecule has 188 valence electrons. The predicted molar refractivity (Wildman–Crippen MR) is 131 cm³/mol. The molecular formula is C26H35N5O4. The molecule has 0 unspecified atom stereocenters. The number of hydrogen-bond acceptors (Lipinski definition) is 7. The van der Waals surface area contributed by atoms with Crippen molar-refractivity contribution in [1.29, 1.82) is 0 Å². The molecule has 2 heterocycles. The topological polar surface area (TPSA) is 98.6 Å². The van der Waals surface area contributed by atoms with Gasteiger partial charge < -0.3 is 14.8 Å². The third kappa shape index (κ3) is 6.28. The number of ether oxygens (including phenoxy) is 2. The summed E-state index contributed by atoms with van der Waals surface area (Å²) in [6.07, 6.45) is 10.8. The highest BCUT2D eigenvalue weighted by Gasteiger charge is 2.39. The van der Waals surface area contributed by atoms with Crippen molar-refractivity contribution in [2.24, 2.45) is 0 Å². The van der Waals surface area contributed by atoms with Crippen LogP contribution in [0.1, 0.15) is 67.0 Å². The molecule has 2 fully saturated rings. The molecule has 1 aromatic carbocycles. The van der Waals surface area contributed by atoms with E-state index in [4.69, 9.17) is 9.47 Å². The Hall–Kier alpha value is -3.20. The molecule has 1 aromatic heterocycles. The number of esters is 1. The van der Waals surface area contributed by atoms with Gasteiger partial charge in [0.05, 0.1) is 25.4 Å². The summed E-state index contributed by atoms with van der Waals surface area (Å²) >= 11 is 0. The van der Waals surface area contributed by atoms with Crippen molar-refractivity contribution in [1.82, 2.24) is 25.2 Å². The van der Waals surface area contributed by atoms with Gasteiger partial charge in [0.25, 0.3) is 0 Å². The highest BCUT2D eigenvalue weighted by atomic mass is 16.5. The van der Waals surface area contributed by atoms with E-state index in [2.05, 4.69) is 27.1 Å². The monoisotopic (exact) mass is 481 g/mol. The molecule has 4 rings (SSSR count). The third-order valence-electron chi connectivity index (χ3n) is 6.87. The van der Waals surface area contributed by atoms with Gasteiger partial charge in [-0.15, -0.1) is 5.10 Å². The fourth-order valence-electron chi connectivity index (χ4n) is 5.04. The maximum Gasteiger partial charge on any atom is 0.360 e. The number of para-hydroxylation sites is 1. The predicted octanol–water partition coefficient (Wildman–Crippen LogP) is 3.28. The lowest BCUT2D eigenvalue weighted by atomic mass is 10.1. The first-order chi connectivity index (χ1) is 17.1. The van der Waals surface area contributed by atoms with Crippen LogP contribution in [0, 0.1) is 0 Å². The van der Waals surface area contributed by atoms with Crippen molar-refractivity contribution in [3.8, 4) is 5.75 Å². The van der Waals surface area contributed by atoms with Crippen molar-refractivity contribution < 1.29 is 19.1 Å². The zero-order valence-corrected chi connectivity index (χ0v) is 20.4. The van der Waals surface area contributed by atoms with E-state index in [-0.39, 0.29) is 29.7 Å². The Bertz CT molecular complexity index is 1010. The van der Waals surface area contributed by atoms with Crippen LogP contribution in [-0.4, -0.2) is 64.1 Å². The summed E-state index contributed by atoms with van der Waals surface area (Å²) in [6, 6.07) is 7.70. The summed E-state index contributed by atoms with van der Waals surface area (Å²) in [5, 5.41) is 11.4. The molecule has 35 heavy (non-hydrogen) atoms. The van der Waals surface area contributed by atoms with E-state index in [9.17, 15) is 9.59 Å². The molecule has 0 radical (unpaired) electrons. The number of amides is 1. The van der Waals surface area contributed by atoms with E-state index in [1.54, 1.807) is 17.0 Å². The van der Waals surface area contributed by atoms with Crippen LogP contribution in [0.4, 0.5) is 0 Å². The summed E-state index contributed by atoms with van der Waals surface area (Å²) in [7, 11) is 1.32. The van der Waals surface area contributed by atoms with Crippen LogP contribution in [-0.2, 0) is 16.1 Å². The van der Waals surface area contributed by atoms with Crippen LogP contribution in [0.25, 0.3) is 0 Å². The maximum atomic E-state index is 13.5. The lowest BCUT2D eigenvalue weighted by molar-refractivity contribution is -0.126. The second-order valence-corrected chi connectivity index (χ2v) is 9.31. The quantitative estimate of drug-likeness (QED) is 0.333. The average molecular weight is 482 g/mol. The molecule has 1 saturated carbocycles. The zero-order valence-electron chi connectivity index (χ0n) is 20.4. The van der Waals surface area contributed by atoms with Crippen molar-refractivity contribution in [2.75, 3.05) is 20.3 Å². The number of carbonyl (C=O) groups is 2. The number of nitrogens with zero attached hydrogens (tertiary/aromatic N) is 4. The van der Waals surface area contributed by atoms with Gasteiger partial charge in [0.1, 0.15) is 12.4 Å². The standard InChI is InChI=1S/C26H35N5O4/c1-3-14-35-24-13-9-8-10-19(24)16-30-17-21(31-18-22(28-29-31)26(33)34-2)15-23(30)25(32)27-20-11-6-4-5-7-12-20/h3,8-10,13,18,20-21,23H,1,4-7,11-12,14-17H2,2H3,(H,27,32)/t21-,23-/m0/s1. The van der Waals surface area contributed by atoms with Crippen molar-refractivity contribution in [2.45, 2.75) is 69.6 Å². The Morgan fingerprint density at radius 3 is 2.71 bits per heavy atom. The summed E-state index contributed by atoms with van der Waals surface area (Å²) in [5.74, 6) is 0.312. The largest absolute Gasteiger partial charge is 0.489 e. The molecule has 2 atom stereocenters. The van der Waals surface area contributed by atoms with Crippen LogP contribution in [0.5, 0.6) is 5.75 Å². The lowest BCUT2D eigenvalue weighted by Crippen LogP contribution is -2.46. The second kappa shape index (κ2) is 12.0. The van der Waals surface area contributed by atoms with E-state index in [0.29, 0.717) is 26.1 Å². The summed E-state index contributed by atoms with van der Waals surface area (Å²) in [6.45, 7) is 5.31. The van der Waals surface area contributed by atoms with Crippen LogP contribution >= 0.6 is 0 Å². The fraction of sp³-hybridized carbons (Fsp3) is 0.538. The van der Waals surface area contributed by atoms with Gasteiger partial charge in [-0.1, -0.05) is 61.8 Å². The molecule has 1 aliphatic heterocycles. The maximum absolute atomic E-state index is 13.5. The van der Waals surface area contributed by atoms with E-state index in [1.165, 1.54) is 20.0 Å². The van der Waals surface area contributed by atoms with Crippen molar-refractivity contribution in [3.63, 3.8) is 0 Å². The molecule has 2 aromatic rings. The van der Waals surface area contributed by atoms with Crippen LogP contribution in [0.2, 0.25) is 0 Å². The van der Waals surface area contributed by atoms with Gasteiger partial charge in [0.15, 0.2) is 5.69 Å². The number of rotatable bonds is 9. The Labute approximate surface area is 206 Å². The summed E-state index contributed by atoms with van der Waals surface area (Å²) < 4.78 is 12.3. The first-order valence-corrected chi connectivity index (χ1v) is 12.4. The minimum atomic E-state index is -0.526. The van der Waals surface area contributed by atoms with E-state index < -0.39 is 5.97 Å². The molecule has 1 amide bonds. The Morgan fingerprint density at radius 1 is 1.20 bits per heavy atom. The van der Waals surface area contributed by atoms with Gasteiger partial charge in [-0.25, -0.2) is 9.48 Å². The van der Waals surface area contributed by atoms with Gasteiger partial charge in [-0.3, -0.25) is 9.69 Å². The Morgan fingerprint density at radius 2 is 1.97 bits per heavy atom. The first kappa shape index (κ1) is 24.9. The number of methoxy groups -OCH3 is 1. The van der Waals surface area contributed by atoms with Gasteiger partial charge in [-0.2, -0.15) is 0 Å². The molecule has 1 saturated heterocycles. The van der Waals surface area contributed by atoms with Crippen LogP contribution in [0.15, 0.2) is 43.1 Å². The minimum absolute atomic E-state index is 0.0530. The van der Waals surface area contributed by atoms with Gasteiger partial charge in [-0.05, 0) is 25.3 Å². The van der Waals surface area contributed by atoms with Crippen LogP contribution < -0.4 is 10.1 Å². The van der Waals surface area contributed by atoms with Crippen molar-refractivity contribution >= 4 is 11.9 Å².